The summed E-state index contributed by atoms with van der Waals surface area (Å²) in [5.74, 6) is 0.124. The van der Waals surface area contributed by atoms with Crippen molar-refractivity contribution in [2.24, 2.45) is 0 Å². The highest BCUT2D eigenvalue weighted by molar-refractivity contribution is 7.18. The molecule has 126 valence electrons. The smallest absolute Gasteiger partial charge is 0.223 e. The average molecular weight is 367 g/mol. The van der Waals surface area contributed by atoms with Crippen LogP contribution in [0.25, 0.3) is 20.4 Å². The molecule has 1 amide bonds. The lowest BCUT2D eigenvalue weighted by Gasteiger charge is -2.15. The van der Waals surface area contributed by atoms with E-state index in [-0.39, 0.29) is 5.91 Å². The lowest BCUT2D eigenvalue weighted by atomic mass is 10.3. The van der Waals surface area contributed by atoms with Crippen molar-refractivity contribution in [2.75, 3.05) is 7.05 Å². The van der Waals surface area contributed by atoms with Crippen LogP contribution in [-0.2, 0) is 17.8 Å². The zero-order chi connectivity index (χ0) is 17.2. The van der Waals surface area contributed by atoms with Crippen molar-refractivity contribution in [1.29, 1.82) is 0 Å². The molecule has 0 N–H and O–H groups in total. The molecule has 0 radical (unpaired) electrons. The molecule has 6 heteroatoms. The average Bonchev–Trinajstić information content (AvgIpc) is 3.22. The molecule has 0 aliphatic rings. The number of fused-ring (bicyclic) bond motifs is 2. The van der Waals surface area contributed by atoms with Crippen LogP contribution in [0.3, 0.4) is 0 Å². The number of nitrogens with zero attached hydrogens (tertiary/aromatic N) is 3. The number of thiazole rings is 2. The number of hydrogen-bond donors (Lipinski definition) is 0. The maximum atomic E-state index is 12.4. The van der Waals surface area contributed by atoms with E-state index in [9.17, 15) is 4.79 Å². The van der Waals surface area contributed by atoms with Gasteiger partial charge in [0.2, 0.25) is 5.91 Å². The van der Waals surface area contributed by atoms with Gasteiger partial charge in [-0.2, -0.15) is 0 Å². The van der Waals surface area contributed by atoms with E-state index >= 15 is 0 Å². The summed E-state index contributed by atoms with van der Waals surface area (Å²) < 4.78 is 2.33. The van der Waals surface area contributed by atoms with Gasteiger partial charge in [0, 0.05) is 19.9 Å². The molecule has 2 heterocycles. The minimum Gasteiger partial charge on any atom is -0.339 e. The second kappa shape index (κ2) is 6.90. The van der Waals surface area contributed by atoms with Gasteiger partial charge >= 0.3 is 0 Å². The van der Waals surface area contributed by atoms with Gasteiger partial charge in [-0.15, -0.1) is 22.7 Å². The highest BCUT2D eigenvalue weighted by Gasteiger charge is 2.13. The Balaban J connectivity index is 1.38. The zero-order valence-corrected chi connectivity index (χ0v) is 15.4. The molecule has 0 aliphatic heterocycles. The third kappa shape index (κ3) is 3.55. The van der Waals surface area contributed by atoms with E-state index in [1.54, 1.807) is 27.6 Å². The summed E-state index contributed by atoms with van der Waals surface area (Å²) in [4.78, 5) is 23.4. The van der Waals surface area contributed by atoms with Crippen LogP contribution in [0.1, 0.15) is 16.4 Å². The molecule has 0 fully saturated rings. The van der Waals surface area contributed by atoms with E-state index in [2.05, 4.69) is 22.1 Å². The van der Waals surface area contributed by atoms with Crippen LogP contribution in [0.4, 0.5) is 0 Å². The summed E-state index contributed by atoms with van der Waals surface area (Å²) in [7, 11) is 1.84. The van der Waals surface area contributed by atoms with Gasteiger partial charge in [0.1, 0.15) is 5.01 Å². The summed E-state index contributed by atoms with van der Waals surface area (Å²) >= 11 is 3.31. The zero-order valence-electron chi connectivity index (χ0n) is 13.8. The first-order valence-corrected chi connectivity index (χ1v) is 9.75. The minimum absolute atomic E-state index is 0.124. The van der Waals surface area contributed by atoms with Crippen LogP contribution in [-0.4, -0.2) is 27.8 Å². The molecule has 0 atom stereocenters. The Morgan fingerprint density at radius 2 is 1.48 bits per heavy atom. The molecule has 0 bridgehead atoms. The molecule has 0 aliphatic carbocycles. The van der Waals surface area contributed by atoms with Crippen LogP contribution >= 0.6 is 22.7 Å². The molecule has 2 aromatic heterocycles. The summed E-state index contributed by atoms with van der Waals surface area (Å²) in [6.45, 7) is 0.554. The second-order valence-corrected chi connectivity index (χ2v) is 8.13. The Hall–Kier alpha value is -2.31. The number of benzene rings is 2. The predicted octanol–water partition coefficient (Wildman–Crippen LogP) is 4.50. The number of rotatable bonds is 5. The first-order chi connectivity index (χ1) is 12.2. The third-order valence-corrected chi connectivity index (χ3v) is 6.14. The lowest BCUT2D eigenvalue weighted by molar-refractivity contribution is -0.130. The Morgan fingerprint density at radius 1 is 0.920 bits per heavy atom. The Kier molecular flexibility index (Phi) is 4.46. The highest BCUT2D eigenvalue weighted by Crippen LogP contribution is 2.24. The Bertz CT molecular complexity index is 971. The highest BCUT2D eigenvalue weighted by atomic mass is 32.1. The van der Waals surface area contributed by atoms with Gasteiger partial charge in [-0.1, -0.05) is 24.3 Å². The fourth-order valence-corrected chi connectivity index (χ4v) is 4.70. The van der Waals surface area contributed by atoms with Gasteiger partial charge in [-0.05, 0) is 24.3 Å². The van der Waals surface area contributed by atoms with E-state index in [0.29, 0.717) is 19.4 Å². The SMILES string of the molecule is CN(Cc1nc2ccccc2s1)C(=O)CCc1nc2ccccc2s1. The van der Waals surface area contributed by atoms with Gasteiger partial charge in [-0.3, -0.25) is 4.79 Å². The molecular formula is C19H17N3OS2. The minimum atomic E-state index is 0.124. The van der Waals surface area contributed by atoms with E-state index in [1.165, 1.54) is 4.70 Å². The molecule has 4 aromatic rings. The van der Waals surface area contributed by atoms with Crippen molar-refractivity contribution < 1.29 is 4.79 Å². The van der Waals surface area contributed by atoms with Gasteiger partial charge in [-0.25, -0.2) is 9.97 Å². The molecule has 0 spiro atoms. The van der Waals surface area contributed by atoms with Gasteiger partial charge < -0.3 is 4.90 Å². The number of aryl methyl sites for hydroxylation is 1. The van der Waals surface area contributed by atoms with E-state index < -0.39 is 0 Å². The van der Waals surface area contributed by atoms with Crippen LogP contribution in [0.5, 0.6) is 0 Å². The standard InChI is InChI=1S/C19H17N3OS2/c1-22(12-18-21-14-7-3-5-9-16(14)25-18)19(23)11-10-17-20-13-6-2-4-8-15(13)24-17/h2-9H,10-12H2,1H3. The van der Waals surface area contributed by atoms with Crippen molar-refractivity contribution in [2.45, 2.75) is 19.4 Å². The third-order valence-electron chi connectivity index (χ3n) is 4.03. The summed E-state index contributed by atoms with van der Waals surface area (Å²) in [6.07, 6.45) is 1.16. The first kappa shape index (κ1) is 16.2. The quantitative estimate of drug-likeness (QED) is 0.522. The maximum absolute atomic E-state index is 12.4. The number of aromatic nitrogens is 2. The van der Waals surface area contributed by atoms with Crippen LogP contribution in [0, 0.1) is 0 Å². The Labute approximate surface area is 153 Å². The van der Waals surface area contributed by atoms with Gasteiger partial charge in [0.15, 0.2) is 0 Å². The molecule has 4 nitrogen and oxygen atoms in total. The molecule has 25 heavy (non-hydrogen) atoms. The molecule has 2 aromatic carbocycles. The van der Waals surface area contributed by atoms with E-state index in [1.807, 2.05) is 43.4 Å². The molecule has 0 saturated heterocycles. The summed E-state index contributed by atoms with van der Waals surface area (Å²) in [5.41, 5.74) is 2.01. The number of carbonyl (C=O) groups excluding carboxylic acids is 1. The Morgan fingerprint density at radius 3 is 2.12 bits per heavy atom. The normalized spacial score (nSPS) is 11.2. The van der Waals surface area contributed by atoms with E-state index in [4.69, 9.17) is 0 Å². The maximum Gasteiger partial charge on any atom is 0.223 e. The number of amides is 1. The number of hydrogen-bond acceptors (Lipinski definition) is 5. The topological polar surface area (TPSA) is 46.1 Å². The van der Waals surface area contributed by atoms with Gasteiger partial charge in [0.05, 0.1) is 32.0 Å². The number of para-hydroxylation sites is 2. The van der Waals surface area contributed by atoms with Crippen molar-refractivity contribution in [3.05, 3.63) is 58.5 Å². The summed E-state index contributed by atoms with van der Waals surface area (Å²) in [6, 6.07) is 16.1. The fourth-order valence-electron chi connectivity index (χ4n) is 2.71. The van der Waals surface area contributed by atoms with Crippen molar-refractivity contribution in [1.82, 2.24) is 14.9 Å². The largest absolute Gasteiger partial charge is 0.339 e. The van der Waals surface area contributed by atoms with Crippen LogP contribution in [0.15, 0.2) is 48.5 Å². The molecule has 0 saturated carbocycles. The lowest BCUT2D eigenvalue weighted by Crippen LogP contribution is -2.26. The van der Waals surface area contributed by atoms with Gasteiger partial charge in [0.25, 0.3) is 0 Å². The number of carbonyl (C=O) groups is 1. The molecular weight excluding hydrogens is 350 g/mol. The fraction of sp³-hybridized carbons (Fsp3) is 0.211. The predicted molar refractivity (Wildman–Crippen MR) is 104 cm³/mol. The van der Waals surface area contributed by atoms with Crippen molar-refractivity contribution >= 4 is 49.0 Å². The summed E-state index contributed by atoms with van der Waals surface area (Å²) in [5, 5.41) is 1.99. The second-order valence-electron chi connectivity index (χ2n) is 5.90. The van der Waals surface area contributed by atoms with Crippen molar-refractivity contribution in [3.8, 4) is 0 Å². The van der Waals surface area contributed by atoms with E-state index in [0.717, 1.165) is 25.7 Å². The van der Waals surface area contributed by atoms with Crippen LogP contribution in [0.2, 0.25) is 0 Å². The van der Waals surface area contributed by atoms with Crippen LogP contribution < -0.4 is 0 Å². The molecule has 4 rings (SSSR count). The first-order valence-electron chi connectivity index (χ1n) is 8.12. The molecule has 0 unspecified atom stereocenters. The monoisotopic (exact) mass is 367 g/mol. The van der Waals surface area contributed by atoms with Crippen molar-refractivity contribution in [3.63, 3.8) is 0 Å².